The van der Waals surface area contributed by atoms with E-state index in [2.05, 4.69) is 15.4 Å². The summed E-state index contributed by atoms with van der Waals surface area (Å²) in [5.74, 6) is -0.679. The van der Waals surface area contributed by atoms with Gasteiger partial charge in [-0.15, -0.1) is 10.2 Å². The third-order valence-electron chi connectivity index (χ3n) is 3.80. The van der Waals surface area contributed by atoms with Gasteiger partial charge in [0.2, 0.25) is 5.82 Å². The van der Waals surface area contributed by atoms with Crippen LogP contribution in [-0.2, 0) is 16.6 Å². The quantitative estimate of drug-likeness (QED) is 0.851. The molecule has 1 saturated heterocycles. The predicted octanol–water partition coefficient (Wildman–Crippen LogP) is 0.193. The van der Waals surface area contributed by atoms with Crippen molar-refractivity contribution in [2.24, 2.45) is 7.05 Å². The molecule has 0 spiro atoms. The Hall–Kier alpha value is -2.81. The summed E-state index contributed by atoms with van der Waals surface area (Å²) in [6.07, 6.45) is -0.132. The van der Waals surface area contributed by atoms with E-state index in [9.17, 15) is 9.59 Å². The molecule has 2 aromatic rings. The number of ether oxygens (including phenoxy) is 1. The lowest BCUT2D eigenvalue weighted by atomic mass is 10.1. The van der Waals surface area contributed by atoms with Gasteiger partial charge in [0.15, 0.2) is 0 Å². The molecule has 0 bridgehead atoms. The molecule has 2 heterocycles. The van der Waals surface area contributed by atoms with Crippen LogP contribution in [0.4, 0.5) is 0 Å². The summed E-state index contributed by atoms with van der Waals surface area (Å²) >= 11 is 0. The van der Waals surface area contributed by atoms with E-state index < -0.39 is 12.0 Å². The van der Waals surface area contributed by atoms with Gasteiger partial charge in [-0.2, -0.15) is 4.80 Å². The predicted molar refractivity (Wildman–Crippen MR) is 82.1 cm³/mol. The summed E-state index contributed by atoms with van der Waals surface area (Å²) in [5, 5.41) is 20.8. The van der Waals surface area contributed by atoms with Crippen molar-refractivity contribution in [3.63, 3.8) is 0 Å². The standard InChI is InChI=1S/C15H17N5O4/c1-19-17-14(16-18-19)10-2-4-11(5-3-10)15(23)20-6-7-24-9-12(20)8-13(21)22/h2-5,12H,6-9H2,1H3,(H,21,22)/t12-/m0/s1. The van der Waals surface area contributed by atoms with E-state index in [0.717, 1.165) is 5.56 Å². The van der Waals surface area contributed by atoms with Crippen LogP contribution in [0.25, 0.3) is 11.4 Å². The van der Waals surface area contributed by atoms with Gasteiger partial charge >= 0.3 is 5.97 Å². The van der Waals surface area contributed by atoms with E-state index in [-0.39, 0.29) is 18.9 Å². The number of benzene rings is 1. The average molecular weight is 331 g/mol. The largest absolute Gasteiger partial charge is 0.481 e. The normalized spacial score (nSPS) is 17.7. The first-order valence-electron chi connectivity index (χ1n) is 7.49. The number of amides is 1. The van der Waals surface area contributed by atoms with Crippen LogP contribution in [0.5, 0.6) is 0 Å². The fourth-order valence-electron chi connectivity index (χ4n) is 2.62. The number of carboxylic acid groups (broad SMARTS) is 1. The Labute approximate surface area is 137 Å². The van der Waals surface area contributed by atoms with Gasteiger partial charge < -0.3 is 14.7 Å². The molecule has 1 fully saturated rings. The Morgan fingerprint density at radius 1 is 1.33 bits per heavy atom. The molecule has 1 aliphatic rings. The van der Waals surface area contributed by atoms with E-state index in [1.807, 2.05) is 0 Å². The van der Waals surface area contributed by atoms with Crippen molar-refractivity contribution in [1.29, 1.82) is 0 Å². The van der Waals surface area contributed by atoms with Crippen LogP contribution in [0.2, 0.25) is 0 Å². The zero-order valence-corrected chi connectivity index (χ0v) is 13.1. The van der Waals surface area contributed by atoms with Crippen molar-refractivity contribution >= 4 is 11.9 Å². The zero-order valence-electron chi connectivity index (χ0n) is 13.1. The number of carboxylic acids is 1. The summed E-state index contributed by atoms with van der Waals surface area (Å²) < 4.78 is 5.30. The molecule has 0 aliphatic carbocycles. The van der Waals surface area contributed by atoms with Crippen LogP contribution < -0.4 is 0 Å². The topological polar surface area (TPSA) is 110 Å². The number of hydrogen-bond donors (Lipinski definition) is 1. The van der Waals surface area contributed by atoms with Gasteiger partial charge in [-0.05, 0) is 17.3 Å². The molecule has 24 heavy (non-hydrogen) atoms. The number of nitrogens with zero attached hydrogens (tertiary/aromatic N) is 5. The summed E-state index contributed by atoms with van der Waals surface area (Å²) in [6.45, 7) is 1.02. The smallest absolute Gasteiger partial charge is 0.305 e. The lowest BCUT2D eigenvalue weighted by Crippen LogP contribution is -2.49. The first kappa shape index (κ1) is 16.1. The molecule has 1 amide bonds. The maximum absolute atomic E-state index is 12.7. The molecule has 1 atom stereocenters. The molecule has 1 aromatic heterocycles. The van der Waals surface area contributed by atoms with Crippen molar-refractivity contribution in [3.05, 3.63) is 29.8 Å². The number of carbonyl (C=O) groups is 2. The number of tetrazole rings is 1. The van der Waals surface area contributed by atoms with Crippen molar-refractivity contribution in [3.8, 4) is 11.4 Å². The summed E-state index contributed by atoms with van der Waals surface area (Å²) in [5.41, 5.74) is 1.24. The first-order valence-corrected chi connectivity index (χ1v) is 7.49. The molecular formula is C15H17N5O4. The molecule has 0 saturated carbocycles. The third kappa shape index (κ3) is 3.40. The maximum atomic E-state index is 12.7. The third-order valence-corrected chi connectivity index (χ3v) is 3.80. The van der Waals surface area contributed by atoms with Crippen LogP contribution in [0.1, 0.15) is 16.8 Å². The highest BCUT2D eigenvalue weighted by atomic mass is 16.5. The summed E-state index contributed by atoms with van der Waals surface area (Å²) in [7, 11) is 1.68. The Bertz CT molecular complexity index is 743. The number of aryl methyl sites for hydroxylation is 1. The molecule has 9 nitrogen and oxygen atoms in total. The zero-order chi connectivity index (χ0) is 17.1. The van der Waals surface area contributed by atoms with Crippen molar-refractivity contribution in [1.82, 2.24) is 25.1 Å². The van der Waals surface area contributed by atoms with E-state index in [1.54, 1.807) is 36.2 Å². The van der Waals surface area contributed by atoms with Crippen molar-refractivity contribution in [2.45, 2.75) is 12.5 Å². The Morgan fingerprint density at radius 3 is 2.71 bits per heavy atom. The van der Waals surface area contributed by atoms with Crippen LogP contribution >= 0.6 is 0 Å². The van der Waals surface area contributed by atoms with Crippen molar-refractivity contribution in [2.75, 3.05) is 19.8 Å². The van der Waals surface area contributed by atoms with Crippen LogP contribution in [-0.4, -0.2) is 67.9 Å². The number of hydrogen-bond acceptors (Lipinski definition) is 6. The molecule has 126 valence electrons. The van der Waals surface area contributed by atoms with Gasteiger partial charge in [0.25, 0.3) is 5.91 Å². The fraction of sp³-hybridized carbons (Fsp3) is 0.400. The molecule has 1 aromatic carbocycles. The molecule has 1 N–H and O–H groups in total. The van der Waals surface area contributed by atoms with E-state index in [4.69, 9.17) is 9.84 Å². The van der Waals surface area contributed by atoms with E-state index in [0.29, 0.717) is 24.5 Å². The number of carbonyl (C=O) groups excluding carboxylic acids is 1. The minimum atomic E-state index is -0.952. The highest BCUT2D eigenvalue weighted by Gasteiger charge is 2.29. The number of aliphatic carboxylic acids is 1. The molecule has 1 aliphatic heterocycles. The Kier molecular flexibility index (Phi) is 4.52. The average Bonchev–Trinajstić information content (AvgIpc) is 3.01. The Morgan fingerprint density at radius 2 is 2.08 bits per heavy atom. The van der Waals surface area contributed by atoms with Gasteiger partial charge in [0, 0.05) is 17.7 Å². The second-order valence-electron chi connectivity index (χ2n) is 5.50. The second kappa shape index (κ2) is 6.75. The van der Waals surface area contributed by atoms with Crippen LogP contribution in [0, 0.1) is 0 Å². The minimum absolute atomic E-state index is 0.132. The molecule has 0 unspecified atom stereocenters. The number of morpholine rings is 1. The lowest BCUT2D eigenvalue weighted by molar-refractivity contribution is -0.139. The molecule has 9 heteroatoms. The SMILES string of the molecule is Cn1nnc(-c2ccc(C(=O)N3CCOC[C@@H]3CC(=O)O)cc2)n1. The van der Waals surface area contributed by atoms with Gasteiger partial charge in [0.05, 0.1) is 32.7 Å². The lowest BCUT2D eigenvalue weighted by Gasteiger charge is -2.34. The highest BCUT2D eigenvalue weighted by molar-refractivity contribution is 5.95. The van der Waals surface area contributed by atoms with Gasteiger partial charge in [-0.3, -0.25) is 9.59 Å². The van der Waals surface area contributed by atoms with E-state index in [1.165, 1.54) is 4.80 Å². The summed E-state index contributed by atoms with van der Waals surface area (Å²) in [6, 6.07) is 6.40. The maximum Gasteiger partial charge on any atom is 0.305 e. The first-order chi connectivity index (χ1) is 11.5. The molecular weight excluding hydrogens is 314 g/mol. The Balaban J connectivity index is 1.77. The fourth-order valence-corrected chi connectivity index (χ4v) is 2.62. The minimum Gasteiger partial charge on any atom is -0.481 e. The molecule has 3 rings (SSSR count). The van der Waals surface area contributed by atoms with Gasteiger partial charge in [0.1, 0.15) is 0 Å². The van der Waals surface area contributed by atoms with Crippen LogP contribution in [0.3, 0.4) is 0 Å². The second-order valence-corrected chi connectivity index (χ2v) is 5.50. The highest BCUT2D eigenvalue weighted by Crippen LogP contribution is 2.18. The van der Waals surface area contributed by atoms with Crippen molar-refractivity contribution < 1.29 is 19.4 Å². The number of aromatic nitrogens is 4. The van der Waals surface area contributed by atoms with Crippen LogP contribution in [0.15, 0.2) is 24.3 Å². The van der Waals surface area contributed by atoms with Gasteiger partial charge in [-0.1, -0.05) is 12.1 Å². The molecule has 0 radical (unpaired) electrons. The van der Waals surface area contributed by atoms with Gasteiger partial charge in [-0.25, -0.2) is 0 Å². The van der Waals surface area contributed by atoms with E-state index >= 15 is 0 Å². The monoisotopic (exact) mass is 331 g/mol. The summed E-state index contributed by atoms with van der Waals surface area (Å²) in [4.78, 5) is 26.6. The number of rotatable bonds is 4.